The molecule has 3 aromatic rings. The molecule has 0 aromatic heterocycles. The molecule has 6 heterocycles. The van der Waals surface area contributed by atoms with Crippen molar-refractivity contribution in [3.8, 4) is 0 Å². The number of benzene rings is 3. The van der Waals surface area contributed by atoms with Gasteiger partial charge in [0.1, 0.15) is 0 Å². The maximum Gasteiger partial charge on any atom is 0.306 e. The maximum atomic E-state index is 14.6. The molecular weight excluding hydrogens is 1030 g/mol. The molecule has 0 saturated heterocycles. The topological polar surface area (TPSA) is 102 Å². The summed E-state index contributed by atoms with van der Waals surface area (Å²) in [5, 5.41) is 48.6. The Kier molecular flexibility index (Phi) is 14.8. The first-order valence-electron chi connectivity index (χ1n) is 33.9. The summed E-state index contributed by atoms with van der Waals surface area (Å²) in [6, 6.07) is 29.9. The van der Waals surface area contributed by atoms with Crippen molar-refractivity contribution in [3.05, 3.63) is 171 Å². The number of aliphatic hydroxyl groups is 2. The summed E-state index contributed by atoms with van der Waals surface area (Å²) in [5.41, 5.74) is 12.7. The van der Waals surface area contributed by atoms with Gasteiger partial charge in [-0.1, -0.05) is 179 Å². The van der Waals surface area contributed by atoms with Crippen LogP contribution in [0.4, 0.5) is 0 Å². The molecule has 6 heteroatoms. The number of aliphatic hydroxyl groups excluding tert-OH is 2. The van der Waals surface area contributed by atoms with Crippen LogP contribution in [-0.4, -0.2) is 46.6 Å². The number of fused-ring (bicyclic) bond motifs is 1. The second kappa shape index (κ2) is 21.9. The van der Waals surface area contributed by atoms with E-state index in [-0.39, 0.29) is 39.4 Å². The van der Waals surface area contributed by atoms with Crippen molar-refractivity contribution in [2.24, 2.45) is 80.3 Å². The Bertz CT molecular complexity index is 3360. The lowest BCUT2D eigenvalue weighted by Crippen LogP contribution is -2.69. The van der Waals surface area contributed by atoms with Gasteiger partial charge in [-0.05, 0) is 219 Å². The minimum atomic E-state index is -0.729. The number of aliphatic carboxylic acids is 1. The minimum Gasteiger partial charge on any atom is -0.481 e. The van der Waals surface area contributed by atoms with Gasteiger partial charge < -0.3 is 26.0 Å². The summed E-state index contributed by atoms with van der Waals surface area (Å²) in [7, 11) is 0. The van der Waals surface area contributed by atoms with Crippen molar-refractivity contribution in [1.82, 2.24) is 10.6 Å². The van der Waals surface area contributed by atoms with Crippen molar-refractivity contribution in [2.75, 3.05) is 13.1 Å². The molecule has 15 aliphatic rings. The third kappa shape index (κ3) is 8.98. The van der Waals surface area contributed by atoms with Gasteiger partial charge in [0.2, 0.25) is 0 Å². The van der Waals surface area contributed by atoms with Crippen LogP contribution in [0.2, 0.25) is 0 Å². The Balaban J connectivity index is 0.981. The van der Waals surface area contributed by atoms with E-state index >= 15 is 0 Å². The average Bonchev–Trinajstić information content (AvgIpc) is 0.920. The van der Waals surface area contributed by atoms with Gasteiger partial charge in [0.15, 0.2) is 0 Å². The molecule has 5 N–H and O–H groups in total. The van der Waals surface area contributed by atoms with E-state index in [4.69, 9.17) is 6.58 Å². The summed E-state index contributed by atoms with van der Waals surface area (Å²) in [5.74, 6) is 1.92. The predicted molar refractivity (Wildman–Crippen MR) is 341 cm³/mol. The van der Waals surface area contributed by atoms with Gasteiger partial charge in [0.25, 0.3) is 0 Å². The van der Waals surface area contributed by atoms with Gasteiger partial charge in [-0.2, -0.15) is 0 Å². The highest BCUT2D eigenvalue weighted by Crippen LogP contribution is 2.83. The molecule has 0 radical (unpaired) electrons. The van der Waals surface area contributed by atoms with Crippen LogP contribution < -0.4 is 21.1 Å². The highest BCUT2D eigenvalue weighted by atomic mass is 16.4. The molecule has 4 saturated carbocycles. The third-order valence-corrected chi connectivity index (χ3v) is 25.9. The van der Waals surface area contributed by atoms with Gasteiger partial charge in [0.05, 0.1) is 23.9 Å². The number of carboxylic acid groups (broad SMARTS) is 1. The van der Waals surface area contributed by atoms with E-state index < -0.39 is 29.5 Å². The monoisotopic (exact) mass is 1130 g/mol. The highest BCUT2D eigenvalue weighted by Gasteiger charge is 2.77. The number of carboxylic acids is 1. The van der Waals surface area contributed by atoms with Gasteiger partial charge in [-0.25, -0.2) is 0 Å². The third-order valence-electron chi connectivity index (χ3n) is 25.9. The summed E-state index contributed by atoms with van der Waals surface area (Å²) >= 11 is 0. The molecule has 6 aliphatic heterocycles. The lowest BCUT2D eigenvalue weighted by molar-refractivity contribution is -0.168. The number of allylic oxidation sites excluding steroid dienone is 9. The largest absolute Gasteiger partial charge is 0.481 e. The van der Waals surface area contributed by atoms with E-state index in [1.165, 1.54) is 81.5 Å². The Morgan fingerprint density at radius 2 is 1.61 bits per heavy atom. The zero-order chi connectivity index (χ0) is 57.8. The number of nitrogens with one attached hydrogen (secondary N) is 2. The second-order valence-corrected chi connectivity index (χ2v) is 30.4. The van der Waals surface area contributed by atoms with Crippen LogP contribution >= 0.6 is 0 Å². The first-order valence-corrected chi connectivity index (χ1v) is 33.9. The molecule has 3 aromatic carbocycles. The van der Waals surface area contributed by atoms with E-state index in [1.54, 1.807) is 16.7 Å². The van der Waals surface area contributed by atoms with Gasteiger partial charge in [-0.3, -0.25) is 4.79 Å². The Morgan fingerprint density at radius 3 is 2.38 bits per heavy atom. The number of hydrogen-bond acceptors (Lipinski definition) is 5. The minimum absolute atomic E-state index is 0.110. The lowest BCUT2D eigenvalue weighted by Gasteiger charge is -2.74. The van der Waals surface area contributed by atoms with E-state index in [0.717, 1.165) is 115 Å². The predicted octanol–water partition coefficient (Wildman–Crippen LogP) is 14.9. The first kappa shape index (κ1) is 56.6. The number of hydrogen-bond donors (Lipinski definition) is 5. The van der Waals surface area contributed by atoms with Crippen molar-refractivity contribution in [2.45, 2.75) is 188 Å². The van der Waals surface area contributed by atoms with E-state index in [0.29, 0.717) is 48.9 Å². The molecule has 4 fully saturated rings. The molecule has 0 amide bonds. The van der Waals surface area contributed by atoms with Gasteiger partial charge in [-0.15, -0.1) is 0 Å². The average molecular weight is 1130 g/mol. The standard InChI is InChI=1S/C78H98N2O4/c1-49(2)40-59-33-36-74(4)69(82)35-38-77-65-34-37-75(5)71-62(72(83)84)31-25-50(3)60(54-19-10-7-11-20-54)24-15-39-79-70-32-28-57(48-80-70)55-22-14-18-53(42-55)43-63-61-23-13-12-21-56(61)44-66(77)64(63)45-76(59,73(74)77)46-67(65)78(75,47-68(71)81)58-29-26-52(27-30-58)41-51-16-8-6-9-17-51/h6,8-9,12-14,16-18,21-23,28,32-33,42,44-45,49,52,54,58,60,62,66,68-69,71,73,79-82H,3,7,10-11,15,19-20,24-27,29-31,34-41,43,46-48H2,1-2,4-5H3,(H,83,84)/t52?,58?,60-,62-,66+,68-,69+,71+,73-,74-,75-,76-,77-,78-/m1/s1. The molecule has 6 nitrogen and oxygen atoms in total. The molecular formula is C78H98N2O4. The second-order valence-electron chi connectivity index (χ2n) is 30.4. The number of rotatable bonds is 7. The highest BCUT2D eigenvalue weighted by molar-refractivity contribution is 5.78. The molecule has 2 spiro atoms. The van der Waals surface area contributed by atoms with Gasteiger partial charge in [0, 0.05) is 46.6 Å². The summed E-state index contributed by atoms with van der Waals surface area (Å²) in [6.45, 7) is 16.4. The van der Waals surface area contributed by atoms with Gasteiger partial charge >= 0.3 is 5.97 Å². The van der Waals surface area contributed by atoms with Crippen molar-refractivity contribution >= 4 is 23.2 Å². The van der Waals surface area contributed by atoms with E-state index in [1.807, 2.05) is 0 Å². The smallest absolute Gasteiger partial charge is 0.306 e. The SMILES string of the molecule is C=C1CC[C@@H](C(=O)O)[C@H]2[C@H](O)C[C@@]3(C4CCC(Cc5ccccc5)CC4)C4=C(CC[C@]23C)[C@]23CC[C@H](O)[C@@]5(C)CC=C(CC(C)C)[C@@](C=C6C(=c7ccccc7=C[C@@H]62)Cc2cccc(c2)C2=CC=C(NCCC[C@H]1C1CCCCC1)NC2)(C4)[C@@H]53. The molecule has 18 rings (SSSR count). The quantitative estimate of drug-likeness (QED) is 0.151. The molecule has 84 heavy (non-hydrogen) atoms. The zero-order valence-corrected chi connectivity index (χ0v) is 51.4. The molecule has 9 aliphatic carbocycles. The fourth-order valence-electron chi connectivity index (χ4n) is 22.5. The maximum absolute atomic E-state index is 14.6. The van der Waals surface area contributed by atoms with Crippen LogP contribution in [0.1, 0.15) is 179 Å². The molecule has 0 unspecified atom stereocenters. The van der Waals surface area contributed by atoms with Crippen LogP contribution in [0.15, 0.2) is 143 Å². The van der Waals surface area contributed by atoms with Crippen LogP contribution in [-0.2, 0) is 17.6 Å². The normalized spacial score (nSPS) is 38.4. The Morgan fingerprint density at radius 1 is 0.810 bits per heavy atom. The molecule has 444 valence electrons. The Hall–Kier alpha value is -5.17. The first-order chi connectivity index (χ1) is 40.7. The van der Waals surface area contributed by atoms with Crippen LogP contribution in [0, 0.1) is 80.3 Å². The fourth-order valence-corrected chi connectivity index (χ4v) is 22.5. The van der Waals surface area contributed by atoms with Crippen LogP contribution in [0.3, 0.4) is 0 Å². The molecule has 14 bridgehead atoms. The van der Waals surface area contributed by atoms with Crippen molar-refractivity contribution < 1.29 is 20.1 Å². The van der Waals surface area contributed by atoms with E-state index in [2.05, 4.69) is 148 Å². The van der Waals surface area contributed by atoms with Crippen LogP contribution in [0.25, 0.3) is 17.2 Å². The summed E-state index contributed by atoms with van der Waals surface area (Å²) in [4.78, 5) is 14.6. The summed E-state index contributed by atoms with van der Waals surface area (Å²) in [6.07, 6.45) is 34.7. The number of carbonyl (C=O) groups is 1. The van der Waals surface area contributed by atoms with Crippen molar-refractivity contribution in [3.63, 3.8) is 0 Å². The summed E-state index contributed by atoms with van der Waals surface area (Å²) < 4.78 is 0. The lowest BCUT2D eigenvalue weighted by atomic mass is 9.29. The van der Waals surface area contributed by atoms with E-state index in [9.17, 15) is 20.1 Å². The fraction of sp³-hybridized carbons (Fsp3) is 0.577. The molecule has 12 atom stereocenters. The van der Waals surface area contributed by atoms with Crippen molar-refractivity contribution in [1.29, 1.82) is 0 Å². The Labute approximate surface area is 503 Å². The zero-order valence-electron chi connectivity index (χ0n) is 51.4. The van der Waals surface area contributed by atoms with Crippen LogP contribution in [0.5, 0.6) is 0 Å². The number of dihydropyridines is 1.